The summed E-state index contributed by atoms with van der Waals surface area (Å²) in [6.07, 6.45) is 2.46. The number of carbonyl (C=O) groups is 8. The van der Waals surface area contributed by atoms with Crippen LogP contribution in [0.4, 0.5) is 0 Å². The Hall–Kier alpha value is -6.66. The number of thiol groups is 2. The maximum absolute atomic E-state index is 14.7. The van der Waals surface area contributed by atoms with Gasteiger partial charge in [0.1, 0.15) is 48.0 Å². The molecular formula is C49H66N10O11S2. The zero-order valence-corrected chi connectivity index (χ0v) is 41.8. The van der Waals surface area contributed by atoms with E-state index in [9.17, 15) is 53.7 Å². The third kappa shape index (κ3) is 17.6. The number of aromatic amines is 1. The van der Waals surface area contributed by atoms with E-state index in [1.807, 2.05) is 36.4 Å². The lowest BCUT2D eigenvalue weighted by atomic mass is 10.00. The number of aliphatic hydroxyl groups excluding tert-OH is 1. The van der Waals surface area contributed by atoms with Gasteiger partial charge in [0, 0.05) is 41.4 Å². The number of nitrogens with two attached hydrogens (primary N) is 2. The lowest BCUT2D eigenvalue weighted by molar-refractivity contribution is -0.143. The van der Waals surface area contributed by atoms with Gasteiger partial charge in [-0.2, -0.15) is 25.3 Å². The first-order chi connectivity index (χ1) is 34.4. The van der Waals surface area contributed by atoms with Gasteiger partial charge in [0.25, 0.3) is 0 Å². The molecule has 1 aromatic heterocycles. The number of phenolic OH excluding ortho intramolecular Hbond substituents is 1. The molecule has 0 aliphatic rings. The molecule has 3 aromatic carbocycles. The summed E-state index contributed by atoms with van der Waals surface area (Å²) in [5.74, 6) is -8.18. The smallest absolute Gasteiger partial charge is 0.328 e. The number of amides is 7. The van der Waals surface area contributed by atoms with Gasteiger partial charge >= 0.3 is 5.97 Å². The Bertz CT molecular complexity index is 2460. The second kappa shape index (κ2) is 29.0. The normalized spacial score (nSPS) is 14.6. The number of hydrogen-bond donors (Lipinski definition) is 15. The highest BCUT2D eigenvalue weighted by Crippen LogP contribution is 2.20. The molecule has 0 aliphatic carbocycles. The van der Waals surface area contributed by atoms with Crippen LogP contribution in [-0.2, 0) is 57.6 Å². The molecule has 0 fully saturated rings. The number of unbranched alkanes of at least 4 members (excludes halogenated alkanes) is 1. The van der Waals surface area contributed by atoms with Crippen LogP contribution in [-0.4, -0.2) is 141 Å². The molecule has 8 atom stereocenters. The number of fused-ring (bicyclic) bond motifs is 1. The van der Waals surface area contributed by atoms with E-state index in [4.69, 9.17) is 11.5 Å². The van der Waals surface area contributed by atoms with Crippen LogP contribution in [0.5, 0.6) is 5.75 Å². The van der Waals surface area contributed by atoms with Gasteiger partial charge in [-0.3, -0.25) is 33.6 Å². The predicted molar refractivity (Wildman–Crippen MR) is 276 cm³/mol. The van der Waals surface area contributed by atoms with E-state index >= 15 is 0 Å². The molecule has 0 spiro atoms. The SMILES string of the molecule is CC(C)[C@H](NC(=O)[C@H](CCCCN)NC(=O)[C@@H](Cc1c[nH]c2ccccc12)NC(=O)[C@H](Cc1ccc(O)cc1)NC(=O)[C@H](CS)NC(=O)[C@H](N)Cc1ccccc1)C(=O)N[C@@H](CS)C(=O)N[C@@H](CO)C(=O)O. The summed E-state index contributed by atoms with van der Waals surface area (Å²) < 4.78 is 0. The molecule has 0 radical (unpaired) electrons. The van der Waals surface area contributed by atoms with Crippen LogP contribution in [0.15, 0.2) is 85.1 Å². The predicted octanol–water partition coefficient (Wildman–Crippen LogP) is -0.656. The molecule has 390 valence electrons. The van der Waals surface area contributed by atoms with E-state index in [-0.39, 0.29) is 49.5 Å². The van der Waals surface area contributed by atoms with Gasteiger partial charge in [-0.1, -0.05) is 74.5 Å². The molecule has 23 heteroatoms. The Morgan fingerprint density at radius 3 is 1.65 bits per heavy atom. The van der Waals surface area contributed by atoms with Gasteiger partial charge in [0.15, 0.2) is 0 Å². The second-order valence-corrected chi connectivity index (χ2v) is 18.2. The van der Waals surface area contributed by atoms with Crippen molar-refractivity contribution in [1.29, 1.82) is 0 Å². The van der Waals surface area contributed by atoms with Gasteiger partial charge in [0.2, 0.25) is 41.4 Å². The van der Waals surface area contributed by atoms with E-state index in [2.05, 4.69) is 67.5 Å². The number of nitrogens with one attached hydrogen (secondary N) is 8. The quantitative estimate of drug-likeness (QED) is 0.0238. The van der Waals surface area contributed by atoms with Crippen LogP contribution in [0.3, 0.4) is 0 Å². The molecular weight excluding hydrogens is 969 g/mol. The van der Waals surface area contributed by atoms with Crippen molar-refractivity contribution in [3.05, 3.63) is 102 Å². The van der Waals surface area contributed by atoms with E-state index in [1.165, 1.54) is 12.1 Å². The highest BCUT2D eigenvalue weighted by molar-refractivity contribution is 7.80. The van der Waals surface area contributed by atoms with Gasteiger partial charge in [0.05, 0.1) is 12.6 Å². The minimum atomic E-state index is -1.65. The zero-order chi connectivity index (χ0) is 52.9. The lowest BCUT2D eigenvalue weighted by Crippen LogP contribution is -2.61. The first-order valence-electron chi connectivity index (χ1n) is 23.4. The lowest BCUT2D eigenvalue weighted by Gasteiger charge is -2.29. The number of aromatic nitrogens is 1. The number of carboxylic acids is 1. The zero-order valence-electron chi connectivity index (χ0n) is 40.0. The van der Waals surface area contributed by atoms with Gasteiger partial charge < -0.3 is 69.0 Å². The number of rotatable bonds is 29. The number of carbonyl (C=O) groups excluding carboxylic acids is 7. The average Bonchev–Trinajstić information content (AvgIpc) is 3.77. The number of aliphatic carboxylic acids is 1. The summed E-state index contributed by atoms with van der Waals surface area (Å²) in [7, 11) is 0. The number of aliphatic hydroxyl groups is 1. The number of hydrogen-bond acceptors (Lipinski definition) is 14. The van der Waals surface area contributed by atoms with Crippen LogP contribution in [0.25, 0.3) is 10.9 Å². The minimum absolute atomic E-state index is 0.0414. The Balaban J connectivity index is 1.62. The summed E-state index contributed by atoms with van der Waals surface area (Å²) in [6, 6.07) is 11.6. The Labute approximate surface area is 428 Å². The molecule has 4 aromatic rings. The molecule has 0 aliphatic heterocycles. The van der Waals surface area contributed by atoms with Crippen molar-refractivity contribution in [3.8, 4) is 5.75 Å². The van der Waals surface area contributed by atoms with E-state index < -0.39 is 108 Å². The van der Waals surface area contributed by atoms with E-state index in [0.29, 0.717) is 24.0 Å². The van der Waals surface area contributed by atoms with Crippen LogP contribution in [0.2, 0.25) is 0 Å². The molecule has 1 heterocycles. The maximum atomic E-state index is 14.7. The van der Waals surface area contributed by atoms with Crippen molar-refractivity contribution in [2.45, 2.75) is 101 Å². The van der Waals surface area contributed by atoms with Crippen LogP contribution in [0, 0.1) is 5.92 Å². The Morgan fingerprint density at radius 1 is 0.583 bits per heavy atom. The maximum Gasteiger partial charge on any atom is 0.328 e. The van der Waals surface area contributed by atoms with Crippen LogP contribution in [0.1, 0.15) is 49.8 Å². The fraction of sp³-hybridized carbons (Fsp3) is 0.429. The standard InChI is InChI=1S/C49H66N10O11S2/c1-27(2)41(48(68)58-40(26-72)47(67)56-38(24-60)49(69)70)59-43(63)35(14-8-9-19-50)53-45(65)37(22-30-23-52-34-13-7-6-12-32(30)34)55-44(64)36(21-29-15-17-31(61)18-16-29)54-46(66)39(25-71)57-42(62)33(51)20-28-10-4-3-5-11-28/h3-7,10-13,15-18,23,27,33,35-41,52,60-61,71-72H,8-9,14,19-22,24-26,50-51H2,1-2H3,(H,53,65)(H,54,66)(H,55,64)(H,56,67)(H,57,62)(H,58,68)(H,59,63)(H,69,70)/t33-,35+,36+,37-,38+,39+,40+,41+/m1/s1. The minimum Gasteiger partial charge on any atom is -0.508 e. The van der Waals surface area contributed by atoms with Crippen molar-refractivity contribution in [3.63, 3.8) is 0 Å². The molecule has 21 nitrogen and oxygen atoms in total. The fourth-order valence-corrected chi connectivity index (χ4v) is 8.04. The summed E-state index contributed by atoms with van der Waals surface area (Å²) in [4.78, 5) is 112. The molecule has 7 amide bonds. The summed E-state index contributed by atoms with van der Waals surface area (Å²) in [5.41, 5.74) is 14.7. The van der Waals surface area contributed by atoms with Crippen molar-refractivity contribution in [1.82, 2.24) is 42.2 Å². The highest BCUT2D eigenvalue weighted by atomic mass is 32.1. The van der Waals surface area contributed by atoms with Crippen molar-refractivity contribution in [2.24, 2.45) is 17.4 Å². The van der Waals surface area contributed by atoms with E-state index in [1.54, 1.807) is 50.4 Å². The molecule has 15 N–H and O–H groups in total. The molecule has 4 rings (SSSR count). The third-order valence-corrected chi connectivity index (χ3v) is 12.4. The number of aromatic hydroxyl groups is 1. The van der Waals surface area contributed by atoms with Crippen molar-refractivity contribution >= 4 is 83.5 Å². The number of phenols is 1. The molecule has 72 heavy (non-hydrogen) atoms. The molecule has 0 bridgehead atoms. The van der Waals surface area contributed by atoms with Gasteiger partial charge in [-0.25, -0.2) is 4.79 Å². The van der Waals surface area contributed by atoms with Crippen LogP contribution < -0.4 is 48.7 Å². The fourth-order valence-electron chi connectivity index (χ4n) is 7.52. The summed E-state index contributed by atoms with van der Waals surface area (Å²) >= 11 is 8.43. The number of para-hydroxylation sites is 1. The largest absolute Gasteiger partial charge is 0.508 e. The van der Waals surface area contributed by atoms with E-state index in [0.717, 1.165) is 16.5 Å². The Morgan fingerprint density at radius 2 is 1.08 bits per heavy atom. The molecule has 0 saturated heterocycles. The molecule has 0 unspecified atom stereocenters. The third-order valence-electron chi connectivity index (χ3n) is 11.6. The monoisotopic (exact) mass is 1030 g/mol. The molecule has 0 saturated carbocycles. The summed E-state index contributed by atoms with van der Waals surface area (Å²) in [6.45, 7) is 2.60. The van der Waals surface area contributed by atoms with Crippen LogP contribution >= 0.6 is 25.3 Å². The highest BCUT2D eigenvalue weighted by Gasteiger charge is 2.35. The first-order valence-corrected chi connectivity index (χ1v) is 24.7. The van der Waals surface area contributed by atoms with Gasteiger partial charge in [-0.15, -0.1) is 0 Å². The Kier molecular flexibility index (Phi) is 23.3. The summed E-state index contributed by atoms with van der Waals surface area (Å²) in [5, 5.41) is 47.5. The first kappa shape index (κ1) is 57.9. The van der Waals surface area contributed by atoms with Crippen molar-refractivity contribution in [2.75, 3.05) is 24.7 Å². The van der Waals surface area contributed by atoms with Gasteiger partial charge in [-0.05, 0) is 73.0 Å². The number of benzene rings is 3. The average molecular weight is 1040 g/mol. The topological polar surface area (TPSA) is 349 Å². The number of carboxylic acid groups (broad SMARTS) is 1. The van der Waals surface area contributed by atoms with Crippen molar-refractivity contribution < 1.29 is 53.7 Å². The number of H-pyrrole nitrogens is 1. The second-order valence-electron chi connectivity index (χ2n) is 17.5.